The molecule has 1 aliphatic heterocycles. The summed E-state index contributed by atoms with van der Waals surface area (Å²) in [7, 11) is 1.69. The van der Waals surface area contributed by atoms with Gasteiger partial charge in [0.15, 0.2) is 11.6 Å². The molecule has 0 aliphatic carbocycles. The van der Waals surface area contributed by atoms with Crippen LogP contribution in [-0.4, -0.2) is 48.4 Å². The molecule has 0 spiro atoms. The minimum absolute atomic E-state index is 0.0225. The van der Waals surface area contributed by atoms with Gasteiger partial charge in [0.05, 0.1) is 5.56 Å². The lowest BCUT2D eigenvalue weighted by Gasteiger charge is -2.36. The van der Waals surface area contributed by atoms with Gasteiger partial charge < -0.3 is 15.5 Å². The van der Waals surface area contributed by atoms with Crippen LogP contribution in [0, 0.1) is 11.6 Å². The zero-order valence-electron chi connectivity index (χ0n) is 12.4. The molecule has 0 radical (unpaired) electrons. The summed E-state index contributed by atoms with van der Waals surface area (Å²) in [6.07, 6.45) is 1.75. The van der Waals surface area contributed by atoms with Gasteiger partial charge in [-0.1, -0.05) is 6.92 Å². The summed E-state index contributed by atoms with van der Waals surface area (Å²) in [5.41, 5.74) is 5.63. The van der Waals surface area contributed by atoms with Gasteiger partial charge in [0.25, 0.3) is 5.91 Å². The topological polar surface area (TPSA) is 49.6 Å². The summed E-state index contributed by atoms with van der Waals surface area (Å²) in [6, 6.07) is 1.84. The number of rotatable bonds is 3. The molecule has 6 heteroatoms. The molecule has 2 N–H and O–H groups in total. The van der Waals surface area contributed by atoms with Crippen LogP contribution in [-0.2, 0) is 0 Å². The Bertz CT molecular complexity index is 528. The highest BCUT2D eigenvalue weighted by Crippen LogP contribution is 2.22. The Morgan fingerprint density at radius 1 is 1.33 bits per heavy atom. The van der Waals surface area contributed by atoms with Gasteiger partial charge in [-0.05, 0) is 25.5 Å². The third kappa shape index (κ3) is 3.32. The molecule has 1 heterocycles. The van der Waals surface area contributed by atoms with Gasteiger partial charge >= 0.3 is 0 Å². The normalized spacial score (nSPS) is 17.0. The van der Waals surface area contributed by atoms with Gasteiger partial charge in [0.1, 0.15) is 0 Å². The molecule has 116 valence electrons. The lowest BCUT2D eigenvalue weighted by Crippen LogP contribution is -2.45. The lowest BCUT2D eigenvalue weighted by molar-refractivity contribution is 0.0647. The van der Waals surface area contributed by atoms with Crippen molar-refractivity contribution < 1.29 is 13.6 Å². The number of hydrogen-bond donors (Lipinski definition) is 1. The first kappa shape index (κ1) is 15.7. The third-order valence-corrected chi connectivity index (χ3v) is 4.20. The Balaban J connectivity index is 2.11. The van der Waals surface area contributed by atoms with Crippen LogP contribution in [0.5, 0.6) is 0 Å². The molecule has 0 atom stereocenters. The Morgan fingerprint density at radius 2 is 1.90 bits per heavy atom. The molecule has 1 amide bonds. The minimum Gasteiger partial charge on any atom is -0.398 e. The van der Waals surface area contributed by atoms with Crippen LogP contribution < -0.4 is 5.73 Å². The molecular formula is C15H21F2N3O. The molecule has 4 nitrogen and oxygen atoms in total. The van der Waals surface area contributed by atoms with Crippen molar-refractivity contribution in [3.63, 3.8) is 0 Å². The van der Waals surface area contributed by atoms with E-state index in [1.165, 1.54) is 0 Å². The molecule has 1 aromatic carbocycles. The van der Waals surface area contributed by atoms with Gasteiger partial charge in [-0.2, -0.15) is 0 Å². The number of nitrogens with two attached hydrogens (primary N) is 1. The first-order valence-corrected chi connectivity index (χ1v) is 7.18. The van der Waals surface area contributed by atoms with Crippen LogP contribution >= 0.6 is 0 Å². The molecule has 2 rings (SSSR count). The van der Waals surface area contributed by atoms with Crippen LogP contribution in [0.4, 0.5) is 14.5 Å². The van der Waals surface area contributed by atoms with Gasteiger partial charge in [-0.25, -0.2) is 8.78 Å². The van der Waals surface area contributed by atoms with Crippen molar-refractivity contribution in [1.82, 2.24) is 9.80 Å². The Morgan fingerprint density at radius 3 is 2.48 bits per heavy atom. The molecule has 1 saturated heterocycles. The predicted molar refractivity (Wildman–Crippen MR) is 78.0 cm³/mol. The van der Waals surface area contributed by atoms with E-state index >= 15 is 0 Å². The quantitative estimate of drug-likeness (QED) is 0.869. The Kier molecular flexibility index (Phi) is 4.77. The molecule has 21 heavy (non-hydrogen) atoms. The van der Waals surface area contributed by atoms with E-state index in [0.29, 0.717) is 0 Å². The second-order valence-corrected chi connectivity index (χ2v) is 5.44. The van der Waals surface area contributed by atoms with Gasteiger partial charge in [-0.3, -0.25) is 4.79 Å². The SMILES string of the molecule is CCN1CCC(N(C)C(=O)c2cc(F)c(F)cc2N)CC1. The Labute approximate surface area is 123 Å². The van der Waals surface area contributed by atoms with Crippen LogP contribution in [0.15, 0.2) is 12.1 Å². The molecule has 0 aromatic heterocycles. The molecule has 0 saturated carbocycles. The highest BCUT2D eigenvalue weighted by molar-refractivity contribution is 5.99. The second kappa shape index (κ2) is 6.39. The maximum absolute atomic E-state index is 13.3. The fraction of sp³-hybridized carbons (Fsp3) is 0.533. The standard InChI is InChI=1S/C15H21F2N3O/c1-3-20-6-4-10(5-7-20)19(2)15(21)11-8-12(16)13(17)9-14(11)18/h8-10H,3-7,18H2,1-2H3. The summed E-state index contributed by atoms with van der Waals surface area (Å²) in [5, 5.41) is 0. The van der Waals surface area contributed by atoms with Gasteiger partial charge in [0.2, 0.25) is 0 Å². The number of likely N-dealkylation sites (tertiary alicyclic amines) is 1. The van der Waals surface area contributed by atoms with Crippen molar-refractivity contribution in [3.05, 3.63) is 29.3 Å². The van der Waals surface area contributed by atoms with E-state index in [9.17, 15) is 13.6 Å². The molecular weight excluding hydrogens is 276 g/mol. The number of amides is 1. The van der Waals surface area contributed by atoms with Crippen molar-refractivity contribution >= 4 is 11.6 Å². The maximum atomic E-state index is 13.3. The summed E-state index contributed by atoms with van der Waals surface area (Å²) in [5.74, 6) is -2.45. The van der Waals surface area contributed by atoms with E-state index in [4.69, 9.17) is 5.73 Å². The fourth-order valence-corrected chi connectivity index (χ4v) is 2.73. The van der Waals surface area contributed by atoms with Crippen molar-refractivity contribution in [2.24, 2.45) is 0 Å². The monoisotopic (exact) mass is 297 g/mol. The number of piperidine rings is 1. The number of nitrogen functional groups attached to an aromatic ring is 1. The van der Waals surface area contributed by atoms with E-state index < -0.39 is 11.6 Å². The number of hydrogen-bond acceptors (Lipinski definition) is 3. The van der Waals surface area contributed by atoms with Gasteiger partial charge in [0, 0.05) is 37.9 Å². The van der Waals surface area contributed by atoms with Crippen LogP contribution in [0.1, 0.15) is 30.1 Å². The largest absolute Gasteiger partial charge is 0.398 e. The van der Waals surface area contributed by atoms with E-state index in [0.717, 1.165) is 44.6 Å². The van der Waals surface area contributed by atoms with Gasteiger partial charge in [-0.15, -0.1) is 0 Å². The maximum Gasteiger partial charge on any atom is 0.256 e. The van der Waals surface area contributed by atoms with Crippen LogP contribution in [0.3, 0.4) is 0 Å². The molecule has 0 unspecified atom stereocenters. The smallest absolute Gasteiger partial charge is 0.256 e. The highest BCUT2D eigenvalue weighted by Gasteiger charge is 2.27. The summed E-state index contributed by atoms with van der Waals surface area (Å²) < 4.78 is 26.4. The predicted octanol–water partition coefficient (Wildman–Crippen LogP) is 2.10. The van der Waals surface area contributed by atoms with Crippen LogP contribution in [0.25, 0.3) is 0 Å². The van der Waals surface area contributed by atoms with E-state index in [1.54, 1.807) is 11.9 Å². The van der Waals surface area contributed by atoms with Crippen molar-refractivity contribution in [1.29, 1.82) is 0 Å². The first-order valence-electron chi connectivity index (χ1n) is 7.18. The number of halogens is 2. The lowest BCUT2D eigenvalue weighted by atomic mass is 10.0. The van der Waals surface area contributed by atoms with Crippen molar-refractivity contribution in [3.8, 4) is 0 Å². The average molecular weight is 297 g/mol. The molecule has 1 aliphatic rings. The zero-order chi connectivity index (χ0) is 15.6. The van der Waals surface area contributed by atoms with Crippen molar-refractivity contribution in [2.75, 3.05) is 32.4 Å². The average Bonchev–Trinajstić information content (AvgIpc) is 2.49. The number of carbonyl (C=O) groups excluding carboxylic acids is 1. The molecule has 0 bridgehead atoms. The third-order valence-electron chi connectivity index (χ3n) is 4.20. The number of nitrogens with zero attached hydrogens (tertiary/aromatic N) is 2. The Hall–Kier alpha value is -1.69. The summed E-state index contributed by atoms with van der Waals surface area (Å²) in [6.45, 7) is 4.98. The number of carbonyl (C=O) groups is 1. The summed E-state index contributed by atoms with van der Waals surface area (Å²) in [4.78, 5) is 16.3. The molecule has 1 aromatic rings. The summed E-state index contributed by atoms with van der Waals surface area (Å²) >= 11 is 0. The second-order valence-electron chi connectivity index (χ2n) is 5.44. The van der Waals surface area contributed by atoms with Crippen molar-refractivity contribution in [2.45, 2.75) is 25.8 Å². The zero-order valence-corrected chi connectivity index (χ0v) is 12.4. The van der Waals surface area contributed by atoms with E-state index in [2.05, 4.69) is 11.8 Å². The highest BCUT2D eigenvalue weighted by atomic mass is 19.2. The number of anilines is 1. The fourth-order valence-electron chi connectivity index (χ4n) is 2.73. The van der Waals surface area contributed by atoms with E-state index in [-0.39, 0.29) is 23.2 Å². The van der Waals surface area contributed by atoms with Crippen LogP contribution in [0.2, 0.25) is 0 Å². The minimum atomic E-state index is -1.05. The molecule has 1 fully saturated rings. The first-order chi connectivity index (χ1) is 9.93. The van der Waals surface area contributed by atoms with E-state index in [1.807, 2.05) is 0 Å². The number of benzene rings is 1.